The fraction of sp³-hybridized carbons (Fsp3) is 0.438. The fourth-order valence-corrected chi connectivity index (χ4v) is 1.71. The number of benzene rings is 1. The summed E-state index contributed by atoms with van der Waals surface area (Å²) in [5.41, 5.74) is 5.93. The van der Waals surface area contributed by atoms with Crippen LogP contribution in [-0.2, 0) is 19.7 Å². The Hall–Kier alpha value is -2.57. The molecule has 1 atom stereocenters. The first-order valence-electron chi connectivity index (χ1n) is 7.12. The van der Waals surface area contributed by atoms with E-state index in [1.165, 1.54) is 6.92 Å². The zero-order chi connectivity index (χ0) is 17.6. The normalized spacial score (nSPS) is 12.2. The molecule has 0 bridgehead atoms. The van der Waals surface area contributed by atoms with Crippen LogP contribution in [0.5, 0.6) is 5.75 Å². The van der Waals surface area contributed by atoms with Crippen molar-refractivity contribution in [1.29, 1.82) is 0 Å². The van der Waals surface area contributed by atoms with E-state index in [0.717, 1.165) is 5.56 Å². The average Bonchev–Trinajstić information content (AvgIpc) is 2.43. The predicted octanol–water partition coefficient (Wildman–Crippen LogP) is 1.49. The van der Waals surface area contributed by atoms with Gasteiger partial charge in [0.2, 0.25) is 0 Å². The summed E-state index contributed by atoms with van der Waals surface area (Å²) in [6.07, 6.45) is -0.892. The lowest BCUT2D eigenvalue weighted by molar-refractivity contribution is -0.154. The number of rotatable bonds is 5. The van der Waals surface area contributed by atoms with Crippen molar-refractivity contribution in [3.8, 4) is 5.75 Å². The van der Waals surface area contributed by atoms with Gasteiger partial charge < -0.3 is 15.2 Å². The van der Waals surface area contributed by atoms with Crippen molar-refractivity contribution in [3.63, 3.8) is 0 Å². The lowest BCUT2D eigenvalue weighted by Crippen LogP contribution is -2.39. The van der Waals surface area contributed by atoms with E-state index in [9.17, 15) is 14.4 Å². The quantitative estimate of drug-likeness (QED) is 0.799. The Labute approximate surface area is 135 Å². The molecule has 0 spiro atoms. The summed E-state index contributed by atoms with van der Waals surface area (Å²) in [5, 5.41) is 1.79. The molecule has 0 aliphatic heterocycles. The van der Waals surface area contributed by atoms with E-state index in [-0.39, 0.29) is 5.41 Å². The average molecular weight is 322 g/mol. The third-order valence-corrected chi connectivity index (χ3v) is 2.97. The molecule has 0 saturated heterocycles. The lowest BCUT2D eigenvalue weighted by Gasteiger charge is -2.20. The highest BCUT2D eigenvalue weighted by Gasteiger charge is 2.19. The van der Waals surface area contributed by atoms with Crippen molar-refractivity contribution in [2.75, 3.05) is 6.61 Å². The second kappa shape index (κ2) is 7.62. The van der Waals surface area contributed by atoms with Crippen LogP contribution in [-0.4, -0.2) is 30.6 Å². The number of carbonyl (C=O) groups is 3. The first-order valence-corrected chi connectivity index (χ1v) is 7.12. The Kier molecular flexibility index (Phi) is 6.12. The topological polar surface area (TPSA) is 108 Å². The van der Waals surface area contributed by atoms with Crippen LogP contribution >= 0.6 is 0 Å². The van der Waals surface area contributed by atoms with Crippen LogP contribution in [0.3, 0.4) is 0 Å². The van der Waals surface area contributed by atoms with Crippen LogP contribution in [0.4, 0.5) is 4.79 Å². The lowest BCUT2D eigenvalue weighted by atomic mass is 9.87. The first-order chi connectivity index (χ1) is 10.6. The molecule has 7 heteroatoms. The Morgan fingerprint density at radius 1 is 1.17 bits per heavy atom. The third-order valence-electron chi connectivity index (χ3n) is 2.97. The number of carbonyl (C=O) groups excluding carboxylic acids is 3. The van der Waals surface area contributed by atoms with Gasteiger partial charge in [-0.1, -0.05) is 32.9 Å². The maximum absolute atomic E-state index is 11.7. The molecule has 23 heavy (non-hydrogen) atoms. The molecule has 1 aromatic carbocycles. The van der Waals surface area contributed by atoms with Crippen LogP contribution in [0, 0.1) is 0 Å². The second-order valence-corrected chi connectivity index (χ2v) is 6.05. The van der Waals surface area contributed by atoms with Crippen LogP contribution in [0.2, 0.25) is 0 Å². The van der Waals surface area contributed by atoms with E-state index in [4.69, 9.17) is 15.2 Å². The molecule has 0 aromatic heterocycles. The van der Waals surface area contributed by atoms with Gasteiger partial charge in [0.25, 0.3) is 5.91 Å². The molecule has 0 aliphatic carbocycles. The number of primary amides is 1. The molecule has 126 valence electrons. The van der Waals surface area contributed by atoms with Gasteiger partial charge in [-0.25, -0.2) is 9.59 Å². The minimum Gasteiger partial charge on any atom is -0.479 e. The van der Waals surface area contributed by atoms with Crippen molar-refractivity contribution in [1.82, 2.24) is 5.32 Å². The Bertz CT molecular complexity index is 575. The summed E-state index contributed by atoms with van der Waals surface area (Å²) in [6, 6.07) is 6.38. The van der Waals surface area contributed by atoms with Gasteiger partial charge in [0.15, 0.2) is 12.7 Å². The van der Waals surface area contributed by atoms with Gasteiger partial charge in [0, 0.05) is 0 Å². The maximum atomic E-state index is 11.7. The number of urea groups is 1. The second-order valence-electron chi connectivity index (χ2n) is 6.05. The van der Waals surface area contributed by atoms with Crippen LogP contribution in [0.25, 0.3) is 0 Å². The molecular weight excluding hydrogens is 300 g/mol. The highest BCUT2D eigenvalue weighted by atomic mass is 16.6. The van der Waals surface area contributed by atoms with Crippen molar-refractivity contribution in [2.24, 2.45) is 5.73 Å². The van der Waals surface area contributed by atoms with Crippen molar-refractivity contribution in [3.05, 3.63) is 29.8 Å². The molecule has 0 aliphatic rings. The van der Waals surface area contributed by atoms with E-state index in [2.05, 4.69) is 20.8 Å². The SMILES string of the molecule is C[C@@H](Oc1ccc(C(C)(C)C)cc1)C(=O)OCC(=O)NC(N)=O. The van der Waals surface area contributed by atoms with Crippen molar-refractivity contribution in [2.45, 2.75) is 39.2 Å². The standard InChI is InChI=1S/C16H22N2O5/c1-10(14(20)22-9-13(19)18-15(17)21)23-12-7-5-11(6-8-12)16(2,3)4/h5-8,10H,9H2,1-4H3,(H3,17,18,19,21)/t10-/m1/s1. The number of nitrogens with one attached hydrogen (secondary N) is 1. The molecule has 1 rings (SSSR count). The number of nitrogens with two attached hydrogens (primary N) is 1. The Morgan fingerprint density at radius 3 is 2.22 bits per heavy atom. The van der Waals surface area contributed by atoms with E-state index in [0.29, 0.717) is 5.75 Å². The minimum absolute atomic E-state index is 0.0247. The predicted molar refractivity (Wildman–Crippen MR) is 83.9 cm³/mol. The van der Waals surface area contributed by atoms with Crippen LogP contribution < -0.4 is 15.8 Å². The fourth-order valence-electron chi connectivity index (χ4n) is 1.71. The molecule has 7 nitrogen and oxygen atoms in total. The molecule has 0 fully saturated rings. The third kappa shape index (κ3) is 6.37. The molecule has 0 heterocycles. The summed E-state index contributed by atoms with van der Waals surface area (Å²) in [6.45, 7) is 7.20. The molecule has 0 saturated carbocycles. The summed E-state index contributed by atoms with van der Waals surface area (Å²) < 4.78 is 10.2. The molecule has 1 aromatic rings. The Balaban J connectivity index is 2.52. The number of hydrogen-bond donors (Lipinski definition) is 2. The monoisotopic (exact) mass is 322 g/mol. The van der Waals surface area contributed by atoms with E-state index >= 15 is 0 Å². The molecule has 3 amide bonds. The molecular formula is C16H22N2O5. The summed E-state index contributed by atoms with van der Waals surface area (Å²) in [5.74, 6) is -0.999. The number of ether oxygens (including phenoxy) is 2. The summed E-state index contributed by atoms with van der Waals surface area (Å²) >= 11 is 0. The Morgan fingerprint density at radius 2 is 1.74 bits per heavy atom. The number of hydrogen-bond acceptors (Lipinski definition) is 5. The van der Waals surface area contributed by atoms with E-state index in [1.807, 2.05) is 12.1 Å². The minimum atomic E-state index is -1.01. The van der Waals surface area contributed by atoms with Gasteiger partial charge in [0.1, 0.15) is 5.75 Å². The zero-order valence-corrected chi connectivity index (χ0v) is 13.7. The molecule has 0 unspecified atom stereocenters. The van der Waals surface area contributed by atoms with Crippen molar-refractivity contribution >= 4 is 17.9 Å². The van der Waals surface area contributed by atoms with Gasteiger partial charge in [-0.15, -0.1) is 0 Å². The highest BCUT2D eigenvalue weighted by molar-refractivity contribution is 5.94. The summed E-state index contributed by atoms with van der Waals surface area (Å²) in [4.78, 5) is 33.3. The smallest absolute Gasteiger partial charge is 0.347 e. The van der Waals surface area contributed by atoms with Gasteiger partial charge in [-0.3, -0.25) is 10.1 Å². The van der Waals surface area contributed by atoms with E-state index < -0.39 is 30.6 Å². The maximum Gasteiger partial charge on any atom is 0.347 e. The van der Waals surface area contributed by atoms with Crippen LogP contribution in [0.1, 0.15) is 33.3 Å². The number of imide groups is 1. The number of esters is 1. The highest BCUT2D eigenvalue weighted by Crippen LogP contribution is 2.24. The molecule has 0 radical (unpaired) electrons. The van der Waals surface area contributed by atoms with Gasteiger partial charge >= 0.3 is 12.0 Å². The largest absolute Gasteiger partial charge is 0.479 e. The number of amides is 3. The van der Waals surface area contributed by atoms with E-state index in [1.54, 1.807) is 17.4 Å². The van der Waals surface area contributed by atoms with Gasteiger partial charge in [-0.2, -0.15) is 0 Å². The van der Waals surface area contributed by atoms with Gasteiger partial charge in [-0.05, 0) is 30.0 Å². The van der Waals surface area contributed by atoms with Crippen molar-refractivity contribution < 1.29 is 23.9 Å². The molecule has 3 N–H and O–H groups in total. The summed E-state index contributed by atoms with van der Waals surface area (Å²) in [7, 11) is 0. The first kappa shape index (κ1) is 18.5. The van der Waals surface area contributed by atoms with Gasteiger partial charge in [0.05, 0.1) is 0 Å². The zero-order valence-electron chi connectivity index (χ0n) is 13.7. The van der Waals surface area contributed by atoms with Crippen LogP contribution in [0.15, 0.2) is 24.3 Å².